The van der Waals surface area contributed by atoms with E-state index in [2.05, 4.69) is 0 Å². The number of carbonyl (C=O) groups is 1. The number of fused-ring (bicyclic) bond motifs is 3. The Labute approximate surface area is 170 Å². The van der Waals surface area contributed by atoms with Gasteiger partial charge >= 0.3 is 6.09 Å². The molecule has 2 bridgehead atoms. The van der Waals surface area contributed by atoms with Gasteiger partial charge in [0, 0.05) is 29.5 Å². The summed E-state index contributed by atoms with van der Waals surface area (Å²) in [5, 5.41) is 2.20. The van der Waals surface area contributed by atoms with Gasteiger partial charge in [0.05, 0.1) is 10.9 Å². The quantitative estimate of drug-likeness (QED) is 0.736. The molecule has 0 N–H and O–H groups in total. The van der Waals surface area contributed by atoms with E-state index in [0.717, 1.165) is 10.8 Å². The molecule has 2 aliphatic rings. The summed E-state index contributed by atoms with van der Waals surface area (Å²) in [6.45, 7) is 6.12. The summed E-state index contributed by atoms with van der Waals surface area (Å²) >= 11 is 6.18. The van der Waals surface area contributed by atoms with Crippen molar-refractivity contribution in [1.82, 2.24) is 9.21 Å². The van der Waals surface area contributed by atoms with E-state index in [-0.39, 0.29) is 23.1 Å². The number of ether oxygens (including phenoxy) is 1. The molecule has 2 aliphatic heterocycles. The summed E-state index contributed by atoms with van der Waals surface area (Å²) in [5.41, 5.74) is -0.572. The smallest absolute Gasteiger partial charge is 0.410 e. The lowest BCUT2D eigenvalue weighted by Crippen LogP contribution is -2.51. The molecule has 28 heavy (non-hydrogen) atoms. The van der Waals surface area contributed by atoms with Crippen molar-refractivity contribution in [2.24, 2.45) is 0 Å². The van der Waals surface area contributed by atoms with E-state index in [4.69, 9.17) is 16.3 Å². The number of sulfonamides is 1. The van der Waals surface area contributed by atoms with Crippen LogP contribution in [0.1, 0.15) is 27.2 Å². The zero-order valence-corrected chi connectivity index (χ0v) is 17.6. The molecule has 0 aliphatic carbocycles. The number of hydrogen-bond acceptors (Lipinski definition) is 4. The van der Waals surface area contributed by atoms with Crippen LogP contribution in [0.5, 0.6) is 0 Å². The molecule has 150 valence electrons. The minimum Gasteiger partial charge on any atom is -0.444 e. The van der Waals surface area contributed by atoms with Crippen LogP contribution in [-0.2, 0) is 14.8 Å². The second kappa shape index (κ2) is 6.61. The van der Waals surface area contributed by atoms with E-state index in [1.807, 2.05) is 26.8 Å². The largest absolute Gasteiger partial charge is 0.444 e. The summed E-state index contributed by atoms with van der Waals surface area (Å²) in [6.07, 6.45) is 0.259. The van der Waals surface area contributed by atoms with Crippen LogP contribution < -0.4 is 0 Å². The van der Waals surface area contributed by atoms with Crippen LogP contribution in [0.3, 0.4) is 0 Å². The first-order valence-electron chi connectivity index (χ1n) is 9.26. The molecule has 0 saturated carbocycles. The molecule has 6 nitrogen and oxygen atoms in total. The third kappa shape index (κ3) is 3.36. The summed E-state index contributed by atoms with van der Waals surface area (Å²) < 4.78 is 33.4. The van der Waals surface area contributed by atoms with E-state index in [9.17, 15) is 13.2 Å². The predicted molar refractivity (Wildman–Crippen MR) is 108 cm³/mol. The van der Waals surface area contributed by atoms with Gasteiger partial charge in [0.25, 0.3) is 0 Å². The van der Waals surface area contributed by atoms with Crippen molar-refractivity contribution in [2.45, 2.75) is 49.8 Å². The highest BCUT2D eigenvalue weighted by atomic mass is 35.5. The first kappa shape index (κ1) is 19.5. The summed E-state index contributed by atoms with van der Waals surface area (Å²) in [4.78, 5) is 14.3. The van der Waals surface area contributed by atoms with Gasteiger partial charge in [-0.25, -0.2) is 13.2 Å². The Morgan fingerprint density at radius 1 is 1.14 bits per heavy atom. The van der Waals surface area contributed by atoms with Crippen molar-refractivity contribution in [3.8, 4) is 0 Å². The fourth-order valence-electron chi connectivity index (χ4n) is 3.99. The Hall–Kier alpha value is -1.83. The maximum absolute atomic E-state index is 13.2. The minimum absolute atomic E-state index is 0.149. The monoisotopic (exact) mass is 422 g/mol. The van der Waals surface area contributed by atoms with Gasteiger partial charge in [0.1, 0.15) is 5.60 Å². The first-order chi connectivity index (χ1) is 13.1. The van der Waals surface area contributed by atoms with E-state index in [0.29, 0.717) is 24.5 Å². The van der Waals surface area contributed by atoms with E-state index >= 15 is 0 Å². The minimum atomic E-state index is -3.65. The molecule has 2 heterocycles. The lowest BCUT2D eigenvalue weighted by molar-refractivity contribution is 0.0173. The zero-order chi connectivity index (χ0) is 20.3. The van der Waals surface area contributed by atoms with E-state index in [1.54, 1.807) is 35.2 Å². The Bertz CT molecular complexity index is 1050. The Morgan fingerprint density at radius 2 is 1.89 bits per heavy atom. The molecular formula is C20H23ClN2O4S. The van der Waals surface area contributed by atoms with Crippen LogP contribution in [0.15, 0.2) is 41.3 Å². The Kier molecular flexibility index (Phi) is 4.60. The number of benzene rings is 2. The average molecular weight is 423 g/mol. The van der Waals surface area contributed by atoms with Crippen molar-refractivity contribution in [3.63, 3.8) is 0 Å². The third-order valence-electron chi connectivity index (χ3n) is 5.22. The molecule has 1 amide bonds. The normalized spacial score (nSPS) is 22.8. The first-order valence-corrected chi connectivity index (χ1v) is 11.1. The molecule has 2 aromatic rings. The maximum atomic E-state index is 13.2. The lowest BCUT2D eigenvalue weighted by atomic mass is 10.1. The van der Waals surface area contributed by atoms with Crippen LogP contribution in [-0.4, -0.2) is 54.5 Å². The second-order valence-corrected chi connectivity index (χ2v) is 10.7. The van der Waals surface area contributed by atoms with Crippen molar-refractivity contribution in [1.29, 1.82) is 0 Å². The van der Waals surface area contributed by atoms with E-state index in [1.165, 1.54) is 4.31 Å². The molecule has 0 radical (unpaired) electrons. The number of nitrogens with zero attached hydrogens (tertiary/aromatic N) is 2. The van der Waals surface area contributed by atoms with Crippen molar-refractivity contribution < 1.29 is 17.9 Å². The van der Waals surface area contributed by atoms with E-state index < -0.39 is 15.6 Å². The van der Waals surface area contributed by atoms with Gasteiger partial charge in [-0.2, -0.15) is 4.31 Å². The van der Waals surface area contributed by atoms with Crippen LogP contribution in [0.2, 0.25) is 5.02 Å². The van der Waals surface area contributed by atoms with Crippen LogP contribution in [0, 0.1) is 0 Å². The van der Waals surface area contributed by atoms with Gasteiger partial charge in [-0.1, -0.05) is 29.8 Å². The third-order valence-corrected chi connectivity index (χ3v) is 7.47. The molecule has 0 aromatic heterocycles. The van der Waals surface area contributed by atoms with Gasteiger partial charge in [0.2, 0.25) is 10.0 Å². The summed E-state index contributed by atoms with van der Waals surface area (Å²) in [5.74, 6) is 0. The molecule has 4 rings (SSSR count). The molecule has 2 saturated heterocycles. The highest BCUT2D eigenvalue weighted by Gasteiger charge is 2.50. The van der Waals surface area contributed by atoms with Gasteiger partial charge in [-0.05, 0) is 50.8 Å². The fraction of sp³-hybridized carbons (Fsp3) is 0.450. The molecule has 2 fully saturated rings. The van der Waals surface area contributed by atoms with Crippen molar-refractivity contribution >= 4 is 38.5 Å². The summed E-state index contributed by atoms with van der Waals surface area (Å²) in [7, 11) is -3.65. The van der Waals surface area contributed by atoms with Gasteiger partial charge in [-0.3, -0.25) is 0 Å². The fourth-order valence-corrected chi connectivity index (χ4v) is 5.93. The Morgan fingerprint density at radius 3 is 2.54 bits per heavy atom. The molecule has 0 spiro atoms. The SMILES string of the molecule is CC(C)(C)OC(=O)N1CC2CC1CN2S(=O)(=O)c1ccc2c(Cl)cccc2c1. The number of rotatable bonds is 2. The van der Waals surface area contributed by atoms with Crippen LogP contribution in [0.25, 0.3) is 10.8 Å². The second-order valence-electron chi connectivity index (χ2n) is 8.37. The number of hydrogen-bond donors (Lipinski definition) is 0. The van der Waals surface area contributed by atoms with Crippen molar-refractivity contribution in [2.75, 3.05) is 13.1 Å². The van der Waals surface area contributed by atoms with Crippen LogP contribution >= 0.6 is 11.6 Å². The standard InChI is InChI=1S/C20H23ClN2O4S/c1-20(2,3)27-19(24)22-11-15-10-14(22)12-23(15)28(25,26)16-7-8-17-13(9-16)5-4-6-18(17)21/h4-9,14-15H,10-12H2,1-3H3. The van der Waals surface area contributed by atoms with Gasteiger partial charge < -0.3 is 9.64 Å². The average Bonchev–Trinajstić information content (AvgIpc) is 3.21. The molecular weight excluding hydrogens is 400 g/mol. The Balaban J connectivity index is 1.56. The number of carbonyl (C=O) groups excluding carboxylic acids is 1. The number of amides is 1. The number of likely N-dealkylation sites (tertiary alicyclic amines) is 1. The maximum Gasteiger partial charge on any atom is 0.410 e. The van der Waals surface area contributed by atoms with Gasteiger partial charge in [0.15, 0.2) is 0 Å². The molecule has 2 aromatic carbocycles. The van der Waals surface area contributed by atoms with Gasteiger partial charge in [-0.15, -0.1) is 0 Å². The highest BCUT2D eigenvalue weighted by Crippen LogP contribution is 2.36. The molecule has 2 atom stereocenters. The van der Waals surface area contributed by atoms with Crippen LogP contribution in [0.4, 0.5) is 4.79 Å². The summed E-state index contributed by atoms with van der Waals surface area (Å²) in [6, 6.07) is 10.1. The predicted octanol–water partition coefficient (Wildman–Crippen LogP) is 3.88. The number of halogens is 1. The highest BCUT2D eigenvalue weighted by molar-refractivity contribution is 7.89. The zero-order valence-electron chi connectivity index (χ0n) is 16.1. The topological polar surface area (TPSA) is 66.9 Å². The number of piperazine rings is 1. The van der Waals surface area contributed by atoms with Crippen molar-refractivity contribution in [3.05, 3.63) is 41.4 Å². The molecule has 8 heteroatoms. The molecule has 2 unspecified atom stereocenters. The lowest BCUT2D eigenvalue weighted by Gasteiger charge is -2.34.